The van der Waals surface area contributed by atoms with Crippen molar-refractivity contribution < 1.29 is 14.5 Å². The number of benzene rings is 1. The molecular formula is C9H7Br2NO4. The summed E-state index contributed by atoms with van der Waals surface area (Å²) in [5, 5.41) is 10.6. The fraction of sp³-hybridized carbons (Fsp3) is 0.222. The number of halogens is 2. The molecule has 0 bridgehead atoms. The quantitative estimate of drug-likeness (QED) is 0.475. The average molecular weight is 353 g/mol. The zero-order valence-electron chi connectivity index (χ0n) is 8.20. The molecule has 0 N–H and O–H groups in total. The van der Waals surface area contributed by atoms with E-state index in [0.29, 0.717) is 4.47 Å². The first-order valence-corrected chi connectivity index (χ1v) is 5.86. The molecule has 16 heavy (non-hydrogen) atoms. The van der Waals surface area contributed by atoms with E-state index in [0.717, 1.165) is 0 Å². The second-order valence-electron chi connectivity index (χ2n) is 2.76. The molecule has 0 saturated heterocycles. The summed E-state index contributed by atoms with van der Waals surface area (Å²) in [5.41, 5.74) is 0.138. The molecule has 0 heterocycles. The molecule has 0 aliphatic heterocycles. The maximum Gasteiger partial charge on any atom is 0.339 e. The molecular weight excluding hydrogens is 346 g/mol. The summed E-state index contributed by atoms with van der Waals surface area (Å²) >= 11 is 6.13. The lowest BCUT2D eigenvalue weighted by Crippen LogP contribution is -2.06. The Morgan fingerprint density at radius 1 is 1.44 bits per heavy atom. The Balaban J connectivity index is 3.20. The van der Waals surface area contributed by atoms with Gasteiger partial charge in [-0.3, -0.25) is 10.1 Å². The monoisotopic (exact) mass is 351 g/mol. The fourth-order valence-corrected chi connectivity index (χ4v) is 2.02. The van der Waals surface area contributed by atoms with Crippen LogP contribution in [0.25, 0.3) is 0 Å². The van der Waals surface area contributed by atoms with E-state index in [1.807, 2.05) is 0 Å². The number of nitro benzene ring substituents is 1. The molecule has 5 nitrogen and oxygen atoms in total. The highest BCUT2D eigenvalue weighted by atomic mass is 79.9. The van der Waals surface area contributed by atoms with Crippen molar-refractivity contribution in [1.29, 1.82) is 0 Å². The van der Waals surface area contributed by atoms with Crippen LogP contribution in [0, 0.1) is 10.1 Å². The Bertz CT molecular complexity index is 447. The van der Waals surface area contributed by atoms with Gasteiger partial charge in [0.25, 0.3) is 5.69 Å². The zero-order chi connectivity index (χ0) is 12.3. The normalized spacial score (nSPS) is 9.94. The number of hydrogen-bond donors (Lipinski definition) is 0. The molecule has 0 saturated carbocycles. The van der Waals surface area contributed by atoms with Gasteiger partial charge in [-0.2, -0.15) is 0 Å². The van der Waals surface area contributed by atoms with Gasteiger partial charge in [0.1, 0.15) is 0 Å². The maximum atomic E-state index is 11.5. The topological polar surface area (TPSA) is 69.4 Å². The number of nitrogens with zero attached hydrogens (tertiary/aromatic N) is 1. The first-order chi connectivity index (χ1) is 7.47. The van der Waals surface area contributed by atoms with Crippen LogP contribution in [-0.2, 0) is 4.74 Å². The Morgan fingerprint density at radius 3 is 2.56 bits per heavy atom. The van der Waals surface area contributed by atoms with Crippen LogP contribution in [0.2, 0.25) is 0 Å². The van der Waals surface area contributed by atoms with Crippen molar-refractivity contribution in [2.24, 2.45) is 0 Å². The number of nitro groups is 1. The average Bonchev–Trinajstić information content (AvgIpc) is 2.20. The van der Waals surface area contributed by atoms with Gasteiger partial charge in [0, 0.05) is 10.5 Å². The molecule has 0 aromatic heterocycles. The third-order valence-electron chi connectivity index (χ3n) is 1.73. The summed E-state index contributed by atoms with van der Waals surface area (Å²) in [6, 6.07) is 2.62. The first kappa shape index (κ1) is 13.1. The van der Waals surface area contributed by atoms with E-state index in [1.54, 1.807) is 6.92 Å². The molecule has 1 aromatic rings. The van der Waals surface area contributed by atoms with Crippen molar-refractivity contribution in [3.05, 3.63) is 36.8 Å². The van der Waals surface area contributed by atoms with Gasteiger partial charge >= 0.3 is 5.97 Å². The lowest BCUT2D eigenvalue weighted by atomic mass is 10.2. The van der Waals surface area contributed by atoms with E-state index in [-0.39, 0.29) is 22.3 Å². The largest absolute Gasteiger partial charge is 0.462 e. The van der Waals surface area contributed by atoms with Gasteiger partial charge in [0.15, 0.2) is 0 Å². The molecule has 0 spiro atoms. The van der Waals surface area contributed by atoms with Gasteiger partial charge in [-0.25, -0.2) is 4.79 Å². The summed E-state index contributed by atoms with van der Waals surface area (Å²) in [6.45, 7) is 1.94. The predicted molar refractivity (Wildman–Crippen MR) is 64.5 cm³/mol. The molecule has 0 amide bonds. The van der Waals surface area contributed by atoms with E-state index in [4.69, 9.17) is 4.74 Å². The number of rotatable bonds is 3. The minimum absolute atomic E-state index is 0.111. The molecule has 1 aromatic carbocycles. The second-order valence-corrected chi connectivity index (χ2v) is 4.47. The minimum atomic E-state index is -0.538. The molecule has 0 unspecified atom stereocenters. The van der Waals surface area contributed by atoms with Crippen molar-refractivity contribution >= 4 is 43.5 Å². The SMILES string of the molecule is CCOC(=O)c1cc(Br)c([N+](=O)[O-])cc1Br. The minimum Gasteiger partial charge on any atom is -0.462 e. The number of carbonyl (C=O) groups excluding carboxylic acids is 1. The highest BCUT2D eigenvalue weighted by Gasteiger charge is 2.19. The predicted octanol–water partition coefficient (Wildman–Crippen LogP) is 3.30. The van der Waals surface area contributed by atoms with Gasteiger partial charge < -0.3 is 4.74 Å². The van der Waals surface area contributed by atoms with Crippen molar-refractivity contribution in [2.75, 3.05) is 6.61 Å². The van der Waals surface area contributed by atoms with Crippen LogP contribution < -0.4 is 0 Å². The summed E-state index contributed by atoms with van der Waals surface area (Å²) in [5.74, 6) is -0.523. The van der Waals surface area contributed by atoms with Crippen LogP contribution in [-0.4, -0.2) is 17.5 Å². The zero-order valence-corrected chi connectivity index (χ0v) is 11.4. The molecule has 0 aliphatic carbocycles. The number of hydrogen-bond acceptors (Lipinski definition) is 4. The van der Waals surface area contributed by atoms with Crippen LogP contribution in [0.4, 0.5) is 5.69 Å². The summed E-state index contributed by atoms with van der Waals surface area (Å²) in [6.07, 6.45) is 0. The molecule has 86 valence electrons. The number of ether oxygens (including phenoxy) is 1. The molecule has 1 rings (SSSR count). The van der Waals surface area contributed by atoms with Crippen molar-refractivity contribution in [3.63, 3.8) is 0 Å². The molecule has 7 heteroatoms. The Morgan fingerprint density at radius 2 is 2.06 bits per heavy atom. The van der Waals surface area contributed by atoms with Gasteiger partial charge in [-0.15, -0.1) is 0 Å². The van der Waals surface area contributed by atoms with E-state index < -0.39 is 10.9 Å². The lowest BCUT2D eigenvalue weighted by molar-refractivity contribution is -0.385. The third-order valence-corrected chi connectivity index (χ3v) is 3.02. The van der Waals surface area contributed by atoms with Crippen LogP contribution in [0.3, 0.4) is 0 Å². The maximum absolute atomic E-state index is 11.5. The Kier molecular flexibility index (Phi) is 4.43. The van der Waals surface area contributed by atoms with Crippen molar-refractivity contribution in [1.82, 2.24) is 0 Å². The van der Waals surface area contributed by atoms with Gasteiger partial charge in [0.05, 0.1) is 21.6 Å². The molecule has 0 atom stereocenters. The molecule has 0 fully saturated rings. The van der Waals surface area contributed by atoms with Crippen LogP contribution in [0.5, 0.6) is 0 Å². The molecule has 0 aliphatic rings. The summed E-state index contributed by atoms with van der Waals surface area (Å²) < 4.78 is 5.38. The highest BCUT2D eigenvalue weighted by molar-refractivity contribution is 9.11. The third kappa shape index (κ3) is 2.79. The smallest absolute Gasteiger partial charge is 0.339 e. The second kappa shape index (κ2) is 5.40. The highest BCUT2D eigenvalue weighted by Crippen LogP contribution is 2.31. The van der Waals surface area contributed by atoms with E-state index in [2.05, 4.69) is 31.9 Å². The van der Waals surface area contributed by atoms with Gasteiger partial charge in [0.2, 0.25) is 0 Å². The Labute approximate surface area is 108 Å². The lowest BCUT2D eigenvalue weighted by Gasteiger charge is -2.05. The Hall–Kier alpha value is -0.950. The molecule has 0 radical (unpaired) electrons. The fourth-order valence-electron chi connectivity index (χ4n) is 1.04. The van der Waals surface area contributed by atoms with Crippen molar-refractivity contribution in [2.45, 2.75) is 6.92 Å². The number of esters is 1. The van der Waals surface area contributed by atoms with Crippen molar-refractivity contribution in [3.8, 4) is 0 Å². The van der Waals surface area contributed by atoms with E-state index >= 15 is 0 Å². The first-order valence-electron chi connectivity index (χ1n) is 4.28. The standard InChI is InChI=1S/C9H7Br2NO4/c1-2-16-9(13)5-3-7(11)8(12(14)15)4-6(5)10/h3-4H,2H2,1H3. The van der Waals surface area contributed by atoms with Crippen LogP contribution in [0.1, 0.15) is 17.3 Å². The van der Waals surface area contributed by atoms with Gasteiger partial charge in [-0.05, 0) is 44.8 Å². The summed E-state index contributed by atoms with van der Waals surface area (Å²) in [7, 11) is 0. The number of carbonyl (C=O) groups is 1. The van der Waals surface area contributed by atoms with Crippen LogP contribution >= 0.6 is 31.9 Å². The van der Waals surface area contributed by atoms with E-state index in [1.165, 1.54) is 12.1 Å². The van der Waals surface area contributed by atoms with Crippen LogP contribution in [0.15, 0.2) is 21.1 Å². The summed E-state index contributed by atoms with van der Waals surface area (Å²) in [4.78, 5) is 21.5. The van der Waals surface area contributed by atoms with Gasteiger partial charge in [-0.1, -0.05) is 0 Å². The van der Waals surface area contributed by atoms with E-state index in [9.17, 15) is 14.9 Å².